The number of hydrogen-bond donors (Lipinski definition) is 2. The Morgan fingerprint density at radius 2 is 1.81 bits per heavy atom. The number of primary amides is 1. The Labute approximate surface area is 164 Å². The fraction of sp³-hybridized carbons (Fsp3) is 0.350. The molecule has 0 aliphatic carbocycles. The molecule has 2 aromatic rings. The van der Waals surface area contributed by atoms with E-state index in [-0.39, 0.29) is 12.7 Å². The molecule has 0 bridgehead atoms. The summed E-state index contributed by atoms with van der Waals surface area (Å²) < 4.78 is 16.3. The SMILES string of the molecule is COc1cc(CNCc2ccc(OC(C)C)cc2)cc(Cl)c1OCC(N)=O. The number of nitrogens with one attached hydrogen (secondary N) is 1. The number of carbonyl (C=O) groups is 1. The molecule has 0 aliphatic rings. The van der Waals surface area contributed by atoms with Gasteiger partial charge in [-0.25, -0.2) is 0 Å². The highest BCUT2D eigenvalue weighted by atomic mass is 35.5. The van der Waals surface area contributed by atoms with Crippen LogP contribution in [0.25, 0.3) is 0 Å². The molecule has 0 saturated carbocycles. The maximum atomic E-state index is 10.9. The Morgan fingerprint density at radius 3 is 2.41 bits per heavy atom. The van der Waals surface area contributed by atoms with E-state index in [4.69, 9.17) is 31.5 Å². The topological polar surface area (TPSA) is 82.8 Å². The van der Waals surface area contributed by atoms with Gasteiger partial charge in [-0.1, -0.05) is 23.7 Å². The van der Waals surface area contributed by atoms with Crippen molar-refractivity contribution in [3.8, 4) is 17.2 Å². The van der Waals surface area contributed by atoms with Crippen LogP contribution in [0.4, 0.5) is 0 Å². The van der Waals surface area contributed by atoms with Crippen molar-refractivity contribution in [1.82, 2.24) is 5.32 Å². The predicted molar refractivity (Wildman–Crippen MR) is 105 cm³/mol. The van der Waals surface area contributed by atoms with E-state index in [1.165, 1.54) is 7.11 Å². The lowest BCUT2D eigenvalue weighted by molar-refractivity contribution is -0.119. The summed E-state index contributed by atoms with van der Waals surface area (Å²) in [7, 11) is 1.51. The lowest BCUT2D eigenvalue weighted by Gasteiger charge is -2.14. The van der Waals surface area contributed by atoms with Gasteiger partial charge in [0.25, 0.3) is 5.91 Å². The van der Waals surface area contributed by atoms with Gasteiger partial charge in [-0.2, -0.15) is 0 Å². The van der Waals surface area contributed by atoms with E-state index in [0.717, 1.165) is 16.9 Å². The fourth-order valence-corrected chi connectivity index (χ4v) is 2.76. The number of rotatable bonds is 10. The monoisotopic (exact) mass is 392 g/mol. The van der Waals surface area contributed by atoms with Gasteiger partial charge in [0.05, 0.1) is 18.2 Å². The second-order valence-corrected chi connectivity index (χ2v) is 6.69. The van der Waals surface area contributed by atoms with Gasteiger partial charge in [0.1, 0.15) is 5.75 Å². The number of halogens is 1. The molecule has 0 saturated heterocycles. The minimum atomic E-state index is -0.580. The second kappa shape index (κ2) is 10.0. The zero-order chi connectivity index (χ0) is 19.8. The van der Waals surface area contributed by atoms with Crippen molar-refractivity contribution >= 4 is 17.5 Å². The van der Waals surface area contributed by atoms with Crippen LogP contribution >= 0.6 is 11.6 Å². The molecule has 0 aliphatic heterocycles. The van der Waals surface area contributed by atoms with Crippen LogP contribution in [0.1, 0.15) is 25.0 Å². The van der Waals surface area contributed by atoms with Gasteiger partial charge >= 0.3 is 0 Å². The lowest BCUT2D eigenvalue weighted by atomic mass is 10.1. The molecular formula is C20H25ClN2O4. The first-order valence-electron chi connectivity index (χ1n) is 8.63. The minimum absolute atomic E-state index is 0.156. The van der Waals surface area contributed by atoms with Gasteiger partial charge in [-0.3, -0.25) is 4.79 Å². The van der Waals surface area contributed by atoms with Gasteiger partial charge in [-0.15, -0.1) is 0 Å². The van der Waals surface area contributed by atoms with E-state index in [0.29, 0.717) is 29.6 Å². The number of amides is 1. The molecule has 3 N–H and O–H groups in total. The van der Waals surface area contributed by atoms with E-state index in [2.05, 4.69) is 5.32 Å². The quantitative estimate of drug-likeness (QED) is 0.648. The molecule has 0 aromatic heterocycles. The number of benzene rings is 2. The van der Waals surface area contributed by atoms with Crippen LogP contribution in [0.15, 0.2) is 36.4 Å². The molecule has 0 atom stereocenters. The van der Waals surface area contributed by atoms with Crippen molar-refractivity contribution in [1.29, 1.82) is 0 Å². The number of methoxy groups -OCH3 is 1. The Hall–Kier alpha value is -2.44. The minimum Gasteiger partial charge on any atom is -0.493 e. The average Bonchev–Trinajstić information content (AvgIpc) is 2.61. The Balaban J connectivity index is 1.95. The van der Waals surface area contributed by atoms with Crippen LogP contribution in [0, 0.1) is 0 Å². The fourth-order valence-electron chi connectivity index (χ4n) is 2.47. The Bertz CT molecular complexity index is 763. The number of hydrogen-bond acceptors (Lipinski definition) is 5. The van der Waals surface area contributed by atoms with Gasteiger partial charge in [0.15, 0.2) is 18.1 Å². The summed E-state index contributed by atoms with van der Waals surface area (Å²) in [5.41, 5.74) is 7.18. The molecule has 2 rings (SSSR count). The first kappa shape index (κ1) is 20.9. The van der Waals surface area contributed by atoms with Crippen molar-refractivity contribution in [3.05, 3.63) is 52.5 Å². The zero-order valence-corrected chi connectivity index (χ0v) is 16.5. The zero-order valence-electron chi connectivity index (χ0n) is 15.8. The normalized spacial score (nSPS) is 10.7. The highest BCUT2D eigenvalue weighted by Gasteiger charge is 2.13. The molecule has 0 heterocycles. The third-order valence-corrected chi connectivity index (χ3v) is 3.88. The van der Waals surface area contributed by atoms with E-state index in [1.807, 2.05) is 44.2 Å². The van der Waals surface area contributed by atoms with E-state index in [9.17, 15) is 4.79 Å². The van der Waals surface area contributed by atoms with Gasteiger partial charge < -0.3 is 25.3 Å². The molecule has 27 heavy (non-hydrogen) atoms. The molecule has 0 spiro atoms. The summed E-state index contributed by atoms with van der Waals surface area (Å²) in [5, 5.41) is 3.72. The largest absolute Gasteiger partial charge is 0.493 e. The molecule has 1 amide bonds. The molecular weight excluding hydrogens is 368 g/mol. The molecule has 7 heteroatoms. The molecule has 0 unspecified atom stereocenters. The Kier molecular flexibility index (Phi) is 7.76. The third-order valence-electron chi connectivity index (χ3n) is 3.60. The predicted octanol–water partition coefficient (Wildman–Crippen LogP) is 3.29. The molecule has 0 radical (unpaired) electrons. The lowest BCUT2D eigenvalue weighted by Crippen LogP contribution is -2.20. The van der Waals surface area contributed by atoms with Crippen molar-refractivity contribution in [2.75, 3.05) is 13.7 Å². The summed E-state index contributed by atoms with van der Waals surface area (Å²) >= 11 is 6.25. The summed E-state index contributed by atoms with van der Waals surface area (Å²) in [5.74, 6) is 1.04. The van der Waals surface area contributed by atoms with Crippen molar-refractivity contribution in [3.63, 3.8) is 0 Å². The molecule has 0 fully saturated rings. The van der Waals surface area contributed by atoms with Crippen molar-refractivity contribution < 1.29 is 19.0 Å². The van der Waals surface area contributed by atoms with Crippen molar-refractivity contribution in [2.24, 2.45) is 5.73 Å². The summed E-state index contributed by atoms with van der Waals surface area (Å²) in [6.45, 7) is 5.03. The maximum absolute atomic E-state index is 10.9. The standard InChI is InChI=1S/C20H25ClN2O4/c1-13(2)27-16-6-4-14(5-7-16)10-23-11-15-8-17(21)20(18(9-15)25-3)26-12-19(22)24/h4-9,13,23H,10-12H2,1-3H3,(H2,22,24). The van der Waals surface area contributed by atoms with Crippen LogP contribution in [0.5, 0.6) is 17.2 Å². The van der Waals surface area contributed by atoms with Gasteiger partial charge in [0, 0.05) is 13.1 Å². The smallest absolute Gasteiger partial charge is 0.255 e. The van der Waals surface area contributed by atoms with Gasteiger partial charge in [0.2, 0.25) is 0 Å². The molecule has 2 aromatic carbocycles. The van der Waals surface area contributed by atoms with Crippen LogP contribution in [-0.4, -0.2) is 25.7 Å². The first-order chi connectivity index (χ1) is 12.9. The van der Waals surface area contributed by atoms with E-state index in [1.54, 1.807) is 6.07 Å². The summed E-state index contributed by atoms with van der Waals surface area (Å²) in [4.78, 5) is 10.9. The van der Waals surface area contributed by atoms with E-state index >= 15 is 0 Å². The summed E-state index contributed by atoms with van der Waals surface area (Å²) in [6, 6.07) is 11.6. The van der Waals surface area contributed by atoms with Crippen molar-refractivity contribution in [2.45, 2.75) is 33.0 Å². The maximum Gasteiger partial charge on any atom is 0.255 e. The highest BCUT2D eigenvalue weighted by Crippen LogP contribution is 2.36. The number of carbonyl (C=O) groups excluding carboxylic acids is 1. The Morgan fingerprint density at radius 1 is 1.15 bits per heavy atom. The van der Waals surface area contributed by atoms with Crippen LogP contribution in [-0.2, 0) is 17.9 Å². The van der Waals surface area contributed by atoms with Crippen LogP contribution in [0.3, 0.4) is 0 Å². The van der Waals surface area contributed by atoms with Gasteiger partial charge in [-0.05, 0) is 49.2 Å². The second-order valence-electron chi connectivity index (χ2n) is 6.28. The third kappa shape index (κ3) is 6.66. The first-order valence-corrected chi connectivity index (χ1v) is 9.00. The van der Waals surface area contributed by atoms with E-state index < -0.39 is 5.91 Å². The number of nitrogens with two attached hydrogens (primary N) is 1. The molecule has 146 valence electrons. The highest BCUT2D eigenvalue weighted by molar-refractivity contribution is 6.32. The molecule has 6 nitrogen and oxygen atoms in total. The van der Waals surface area contributed by atoms with Crippen LogP contribution in [0.2, 0.25) is 5.02 Å². The average molecular weight is 393 g/mol. The van der Waals surface area contributed by atoms with Crippen LogP contribution < -0.4 is 25.3 Å². The summed E-state index contributed by atoms with van der Waals surface area (Å²) in [6.07, 6.45) is 0.156. The number of ether oxygens (including phenoxy) is 3.